The number of carbonyl (C=O) groups excluding carboxylic acids is 1. The number of Topliss-reactive ketones (excluding diaryl/α,β-unsaturated/α-hetero) is 1. The molecule has 0 radical (unpaired) electrons. The first kappa shape index (κ1) is 12.4. The third-order valence-electron chi connectivity index (χ3n) is 2.54. The summed E-state index contributed by atoms with van der Waals surface area (Å²) in [5, 5.41) is 0. The van der Waals surface area contributed by atoms with E-state index in [2.05, 4.69) is 22.6 Å². The lowest BCUT2D eigenvalue weighted by molar-refractivity contribution is -0.118. The minimum absolute atomic E-state index is 0.252. The predicted molar refractivity (Wildman–Crippen MR) is 74.9 cm³/mol. The minimum Gasteiger partial charge on any atom is -0.469 e. The quantitative estimate of drug-likeness (QED) is 0.778. The van der Waals surface area contributed by atoms with Crippen LogP contribution in [0.2, 0.25) is 0 Å². The zero-order chi connectivity index (χ0) is 12.1. The molecule has 0 fully saturated rings. The van der Waals surface area contributed by atoms with Crippen molar-refractivity contribution in [1.29, 1.82) is 0 Å². The first-order valence-corrected chi connectivity index (χ1v) is 6.60. The van der Waals surface area contributed by atoms with E-state index in [-0.39, 0.29) is 5.78 Å². The van der Waals surface area contributed by atoms with Gasteiger partial charge >= 0.3 is 0 Å². The van der Waals surface area contributed by atoms with Crippen LogP contribution in [0.25, 0.3) is 0 Å². The monoisotopic (exact) mass is 340 g/mol. The van der Waals surface area contributed by atoms with Crippen molar-refractivity contribution >= 4 is 28.4 Å². The Balaban J connectivity index is 1.83. The number of benzene rings is 1. The van der Waals surface area contributed by atoms with E-state index in [9.17, 15) is 4.79 Å². The molecule has 0 aliphatic heterocycles. The van der Waals surface area contributed by atoms with Gasteiger partial charge in [-0.3, -0.25) is 4.79 Å². The molecule has 88 valence electrons. The number of carbonyl (C=O) groups is 1. The molecule has 0 aliphatic rings. The van der Waals surface area contributed by atoms with Crippen molar-refractivity contribution in [1.82, 2.24) is 0 Å². The zero-order valence-electron chi connectivity index (χ0n) is 9.36. The van der Waals surface area contributed by atoms with E-state index in [1.165, 1.54) is 3.57 Å². The number of halogens is 1. The van der Waals surface area contributed by atoms with E-state index < -0.39 is 0 Å². The molecule has 0 aliphatic carbocycles. The Bertz CT molecular complexity index is 471. The molecule has 2 aromatic rings. The molecule has 1 aromatic heterocycles. The Labute approximate surface area is 114 Å². The first-order valence-electron chi connectivity index (χ1n) is 5.52. The van der Waals surface area contributed by atoms with Crippen LogP contribution in [0.15, 0.2) is 47.1 Å². The number of rotatable bonds is 5. The van der Waals surface area contributed by atoms with Crippen molar-refractivity contribution in [2.75, 3.05) is 0 Å². The van der Waals surface area contributed by atoms with Crippen LogP contribution in [-0.2, 0) is 17.6 Å². The van der Waals surface area contributed by atoms with Crippen molar-refractivity contribution in [3.05, 3.63) is 57.6 Å². The molecule has 3 heteroatoms. The van der Waals surface area contributed by atoms with Gasteiger partial charge in [0.15, 0.2) is 0 Å². The zero-order valence-corrected chi connectivity index (χ0v) is 11.5. The SMILES string of the molecule is O=C(CCc1ccco1)Cc1ccc(I)cc1. The van der Waals surface area contributed by atoms with Gasteiger partial charge in [-0.15, -0.1) is 0 Å². The Morgan fingerprint density at radius 3 is 2.59 bits per heavy atom. The molecule has 0 atom stereocenters. The lowest BCUT2D eigenvalue weighted by Crippen LogP contribution is -2.03. The van der Waals surface area contributed by atoms with Crippen LogP contribution < -0.4 is 0 Å². The van der Waals surface area contributed by atoms with Gasteiger partial charge < -0.3 is 4.42 Å². The lowest BCUT2D eigenvalue weighted by Gasteiger charge is -2.00. The van der Waals surface area contributed by atoms with Crippen molar-refractivity contribution in [3.8, 4) is 0 Å². The van der Waals surface area contributed by atoms with Crippen LogP contribution in [0.4, 0.5) is 0 Å². The highest BCUT2D eigenvalue weighted by atomic mass is 127. The summed E-state index contributed by atoms with van der Waals surface area (Å²) >= 11 is 2.26. The Hall–Kier alpha value is -1.10. The molecule has 2 rings (SSSR count). The van der Waals surface area contributed by atoms with Gasteiger partial charge in [0.1, 0.15) is 11.5 Å². The standard InChI is InChI=1S/C14H13IO2/c15-12-5-3-11(4-6-12)10-13(16)7-8-14-2-1-9-17-14/h1-6,9H,7-8,10H2. The van der Waals surface area contributed by atoms with Gasteiger partial charge in [0.2, 0.25) is 0 Å². The average molecular weight is 340 g/mol. The van der Waals surface area contributed by atoms with Gasteiger partial charge in [-0.2, -0.15) is 0 Å². The summed E-state index contributed by atoms with van der Waals surface area (Å²) in [4.78, 5) is 11.7. The molecule has 0 saturated heterocycles. The normalized spacial score (nSPS) is 10.4. The molecule has 0 saturated carbocycles. The maximum absolute atomic E-state index is 11.7. The summed E-state index contributed by atoms with van der Waals surface area (Å²) in [6.45, 7) is 0. The van der Waals surface area contributed by atoms with Gasteiger partial charge in [0, 0.05) is 22.8 Å². The predicted octanol–water partition coefficient (Wildman–Crippen LogP) is 3.63. The first-order chi connectivity index (χ1) is 8.24. The molecule has 1 aromatic carbocycles. The molecular formula is C14H13IO2. The second-order valence-electron chi connectivity index (χ2n) is 3.92. The van der Waals surface area contributed by atoms with Crippen molar-refractivity contribution in [3.63, 3.8) is 0 Å². The summed E-state index contributed by atoms with van der Waals surface area (Å²) < 4.78 is 6.39. The summed E-state index contributed by atoms with van der Waals surface area (Å²) in [6.07, 6.45) is 3.38. The van der Waals surface area contributed by atoms with Gasteiger partial charge in [0.25, 0.3) is 0 Å². The van der Waals surface area contributed by atoms with Crippen LogP contribution in [0.1, 0.15) is 17.7 Å². The summed E-state index contributed by atoms with van der Waals surface area (Å²) in [6, 6.07) is 11.8. The van der Waals surface area contributed by atoms with Gasteiger partial charge in [-0.05, 0) is 52.4 Å². The fraction of sp³-hybridized carbons (Fsp3) is 0.214. The maximum Gasteiger partial charge on any atom is 0.137 e. The maximum atomic E-state index is 11.7. The Morgan fingerprint density at radius 1 is 1.18 bits per heavy atom. The largest absolute Gasteiger partial charge is 0.469 e. The van der Waals surface area contributed by atoms with E-state index in [0.717, 1.165) is 11.3 Å². The van der Waals surface area contributed by atoms with Gasteiger partial charge in [-0.25, -0.2) is 0 Å². The smallest absolute Gasteiger partial charge is 0.137 e. The van der Waals surface area contributed by atoms with E-state index in [1.54, 1.807) is 6.26 Å². The minimum atomic E-state index is 0.252. The second-order valence-corrected chi connectivity index (χ2v) is 5.17. The number of furan rings is 1. The summed E-state index contributed by atoms with van der Waals surface area (Å²) in [5.41, 5.74) is 1.08. The third kappa shape index (κ3) is 4.00. The fourth-order valence-corrected chi connectivity index (χ4v) is 2.00. The van der Waals surface area contributed by atoms with E-state index in [1.807, 2.05) is 36.4 Å². The van der Waals surface area contributed by atoms with Crippen molar-refractivity contribution in [2.24, 2.45) is 0 Å². The van der Waals surface area contributed by atoms with Crippen LogP contribution >= 0.6 is 22.6 Å². The average Bonchev–Trinajstić information content (AvgIpc) is 2.83. The highest BCUT2D eigenvalue weighted by Crippen LogP contribution is 2.10. The van der Waals surface area contributed by atoms with Crippen molar-refractivity contribution in [2.45, 2.75) is 19.3 Å². The molecule has 17 heavy (non-hydrogen) atoms. The summed E-state index contributed by atoms with van der Waals surface area (Å²) in [5.74, 6) is 1.13. The molecule has 0 bridgehead atoms. The number of hydrogen-bond acceptors (Lipinski definition) is 2. The fourth-order valence-electron chi connectivity index (χ4n) is 1.64. The molecule has 0 spiro atoms. The highest BCUT2D eigenvalue weighted by Gasteiger charge is 2.05. The van der Waals surface area contributed by atoms with Crippen LogP contribution in [0, 0.1) is 3.57 Å². The topological polar surface area (TPSA) is 30.2 Å². The molecule has 0 amide bonds. The van der Waals surface area contributed by atoms with Crippen molar-refractivity contribution < 1.29 is 9.21 Å². The highest BCUT2D eigenvalue weighted by molar-refractivity contribution is 14.1. The number of hydrogen-bond donors (Lipinski definition) is 0. The molecule has 0 unspecified atom stereocenters. The summed E-state index contributed by atoms with van der Waals surface area (Å²) in [7, 11) is 0. The van der Waals surface area contributed by atoms with Crippen LogP contribution in [0.5, 0.6) is 0 Å². The molecule has 0 N–H and O–H groups in total. The van der Waals surface area contributed by atoms with Gasteiger partial charge in [0.05, 0.1) is 6.26 Å². The molecule has 2 nitrogen and oxygen atoms in total. The Kier molecular flexibility index (Phi) is 4.36. The third-order valence-corrected chi connectivity index (χ3v) is 3.26. The Morgan fingerprint density at radius 2 is 1.94 bits per heavy atom. The van der Waals surface area contributed by atoms with Crippen LogP contribution in [-0.4, -0.2) is 5.78 Å². The molecular weight excluding hydrogens is 327 g/mol. The number of ketones is 1. The van der Waals surface area contributed by atoms with Crippen LogP contribution in [0.3, 0.4) is 0 Å². The van der Waals surface area contributed by atoms with E-state index in [0.29, 0.717) is 19.3 Å². The lowest BCUT2D eigenvalue weighted by atomic mass is 10.1. The van der Waals surface area contributed by atoms with E-state index in [4.69, 9.17) is 4.42 Å². The van der Waals surface area contributed by atoms with E-state index >= 15 is 0 Å². The van der Waals surface area contributed by atoms with Gasteiger partial charge in [-0.1, -0.05) is 12.1 Å². The second kappa shape index (κ2) is 6.00. The number of aryl methyl sites for hydroxylation is 1. The molecule has 1 heterocycles.